The fraction of sp³-hybridized carbons (Fsp3) is 0.100. The first-order chi connectivity index (χ1) is 13.0. The van der Waals surface area contributed by atoms with Crippen molar-refractivity contribution < 1.29 is 29.3 Å². The predicted molar refractivity (Wildman–Crippen MR) is 98.5 cm³/mol. The van der Waals surface area contributed by atoms with Crippen molar-refractivity contribution in [3.8, 4) is 22.6 Å². The highest BCUT2D eigenvalue weighted by atomic mass is 16.5. The minimum Gasteiger partial charge on any atom is -0.497 e. The maximum atomic E-state index is 12.0. The number of benzene rings is 1. The molecule has 0 atom stereocenters. The first kappa shape index (κ1) is 16.7. The number of carboxylic acid groups (broad SMARTS) is 2. The molecule has 0 saturated heterocycles. The third-order valence-corrected chi connectivity index (χ3v) is 4.65. The molecule has 4 aromatic rings. The Kier molecular flexibility index (Phi) is 3.66. The van der Waals surface area contributed by atoms with Gasteiger partial charge in [0.2, 0.25) is 0 Å². The lowest BCUT2D eigenvalue weighted by molar-refractivity contribution is 0.0655. The molecule has 0 aliphatic heterocycles. The van der Waals surface area contributed by atoms with E-state index in [0.29, 0.717) is 28.1 Å². The van der Waals surface area contributed by atoms with E-state index in [9.17, 15) is 19.8 Å². The lowest BCUT2D eigenvalue weighted by atomic mass is 10.0. The smallest absolute Gasteiger partial charge is 0.338 e. The molecule has 0 unspecified atom stereocenters. The number of hydrogen-bond donors (Lipinski definition) is 2. The zero-order chi connectivity index (χ0) is 19.3. The summed E-state index contributed by atoms with van der Waals surface area (Å²) >= 11 is 0. The molecule has 7 nitrogen and oxygen atoms in total. The molecule has 0 aliphatic carbocycles. The summed E-state index contributed by atoms with van der Waals surface area (Å²) in [6, 6.07) is 12.2. The first-order valence-electron chi connectivity index (χ1n) is 8.05. The van der Waals surface area contributed by atoms with Gasteiger partial charge in [0.15, 0.2) is 0 Å². The van der Waals surface area contributed by atoms with Crippen LogP contribution in [0.15, 0.2) is 42.5 Å². The number of pyridine rings is 1. The molecule has 136 valence electrons. The van der Waals surface area contributed by atoms with Crippen LogP contribution in [0.4, 0.5) is 0 Å². The number of hydrogen-bond acceptors (Lipinski definition) is 4. The number of aromatic carboxylic acids is 2. The third kappa shape index (κ3) is 2.36. The van der Waals surface area contributed by atoms with Crippen LogP contribution in [0.5, 0.6) is 11.5 Å². The highest BCUT2D eigenvalue weighted by molar-refractivity contribution is 6.16. The minimum atomic E-state index is -1.30. The SMILES string of the molecule is COc1ccc(-c2cc3cc(OC)cc4c(C(=O)O)c(C(=O)O)c2n34)cc1. The average Bonchev–Trinajstić information content (AvgIpc) is 3.20. The van der Waals surface area contributed by atoms with Gasteiger partial charge in [0.1, 0.15) is 22.6 Å². The van der Waals surface area contributed by atoms with Crippen molar-refractivity contribution in [2.45, 2.75) is 0 Å². The molecule has 0 saturated carbocycles. The number of methoxy groups -OCH3 is 2. The Bertz CT molecular complexity index is 1190. The van der Waals surface area contributed by atoms with Gasteiger partial charge in [-0.2, -0.15) is 0 Å². The van der Waals surface area contributed by atoms with Gasteiger partial charge in [0.05, 0.1) is 30.8 Å². The van der Waals surface area contributed by atoms with E-state index < -0.39 is 11.9 Å². The van der Waals surface area contributed by atoms with Crippen molar-refractivity contribution in [1.82, 2.24) is 4.40 Å². The van der Waals surface area contributed by atoms with Crippen molar-refractivity contribution in [1.29, 1.82) is 0 Å². The van der Waals surface area contributed by atoms with Crippen LogP contribution in [0, 0.1) is 0 Å². The standard InChI is InChI=1S/C20H15NO6/c1-26-12-5-3-10(4-6-12)14-8-11-7-13(27-2)9-15-16(19(22)23)17(20(24)25)18(14)21(11)15/h3-9H,1-2H3,(H,22,23)(H,24,25). The number of carboxylic acids is 2. The maximum Gasteiger partial charge on any atom is 0.338 e. The predicted octanol–water partition coefficient (Wildman–Crippen LogP) is 3.61. The van der Waals surface area contributed by atoms with Gasteiger partial charge in [0.25, 0.3) is 0 Å². The van der Waals surface area contributed by atoms with Crippen LogP contribution in [0.1, 0.15) is 20.7 Å². The maximum absolute atomic E-state index is 12.0. The Morgan fingerprint density at radius 2 is 1.48 bits per heavy atom. The number of ether oxygens (including phenoxy) is 2. The van der Waals surface area contributed by atoms with E-state index in [1.807, 2.05) is 6.07 Å². The Morgan fingerprint density at radius 1 is 0.852 bits per heavy atom. The van der Waals surface area contributed by atoms with Crippen molar-refractivity contribution in [2.24, 2.45) is 0 Å². The van der Waals surface area contributed by atoms with Gasteiger partial charge in [-0.25, -0.2) is 9.59 Å². The molecule has 0 amide bonds. The number of nitrogens with zero attached hydrogens (tertiary/aromatic N) is 1. The van der Waals surface area contributed by atoms with Gasteiger partial charge in [-0.1, -0.05) is 12.1 Å². The molecule has 2 N–H and O–H groups in total. The molecule has 3 aromatic heterocycles. The second kappa shape index (κ2) is 5.91. The van der Waals surface area contributed by atoms with Crippen LogP contribution in [0.25, 0.3) is 27.7 Å². The van der Waals surface area contributed by atoms with Crippen molar-refractivity contribution in [3.05, 3.63) is 53.6 Å². The Balaban J connectivity index is 2.16. The van der Waals surface area contributed by atoms with Crippen LogP contribution in [0.2, 0.25) is 0 Å². The lowest BCUT2D eigenvalue weighted by Gasteiger charge is -2.03. The second-order valence-corrected chi connectivity index (χ2v) is 6.04. The zero-order valence-electron chi connectivity index (χ0n) is 14.5. The van der Waals surface area contributed by atoms with Gasteiger partial charge < -0.3 is 24.1 Å². The summed E-state index contributed by atoms with van der Waals surface area (Å²) in [6.07, 6.45) is 0. The largest absolute Gasteiger partial charge is 0.497 e. The lowest BCUT2D eigenvalue weighted by Crippen LogP contribution is -2.05. The molecule has 7 heteroatoms. The summed E-state index contributed by atoms with van der Waals surface area (Å²) in [5.41, 5.74) is 2.17. The fourth-order valence-corrected chi connectivity index (χ4v) is 3.49. The minimum absolute atomic E-state index is 0.239. The average molecular weight is 365 g/mol. The van der Waals surface area contributed by atoms with Gasteiger partial charge >= 0.3 is 11.9 Å². The fourth-order valence-electron chi connectivity index (χ4n) is 3.49. The van der Waals surface area contributed by atoms with Crippen LogP contribution in [-0.4, -0.2) is 40.8 Å². The van der Waals surface area contributed by atoms with Crippen LogP contribution >= 0.6 is 0 Å². The first-order valence-corrected chi connectivity index (χ1v) is 8.05. The van der Waals surface area contributed by atoms with E-state index >= 15 is 0 Å². The van der Waals surface area contributed by atoms with Crippen molar-refractivity contribution >= 4 is 28.5 Å². The number of carbonyl (C=O) groups is 2. The summed E-state index contributed by atoms with van der Waals surface area (Å²) in [7, 11) is 3.04. The molecule has 0 fully saturated rings. The molecule has 1 aromatic carbocycles. The summed E-state index contributed by atoms with van der Waals surface area (Å²) in [5, 5.41) is 19.4. The van der Waals surface area contributed by atoms with Crippen LogP contribution in [-0.2, 0) is 0 Å². The normalized spacial score (nSPS) is 11.2. The highest BCUT2D eigenvalue weighted by Crippen LogP contribution is 2.39. The molecular formula is C20H15NO6. The van der Waals surface area contributed by atoms with Gasteiger partial charge in [-0.05, 0) is 23.8 Å². The Hall–Kier alpha value is -3.74. The van der Waals surface area contributed by atoms with E-state index in [-0.39, 0.29) is 16.6 Å². The van der Waals surface area contributed by atoms with Crippen molar-refractivity contribution in [2.75, 3.05) is 14.2 Å². The molecule has 27 heavy (non-hydrogen) atoms. The Morgan fingerprint density at radius 3 is 2.04 bits per heavy atom. The van der Waals surface area contributed by atoms with Gasteiger partial charge in [-0.15, -0.1) is 0 Å². The topological polar surface area (TPSA) is 97.5 Å². The molecule has 4 rings (SSSR count). The van der Waals surface area contributed by atoms with Crippen LogP contribution in [0.3, 0.4) is 0 Å². The van der Waals surface area contributed by atoms with E-state index in [0.717, 1.165) is 5.56 Å². The monoisotopic (exact) mass is 365 g/mol. The van der Waals surface area contributed by atoms with E-state index in [1.165, 1.54) is 13.2 Å². The molecule has 0 spiro atoms. The summed E-state index contributed by atoms with van der Waals surface area (Å²) in [4.78, 5) is 23.8. The van der Waals surface area contributed by atoms with Gasteiger partial charge in [-0.3, -0.25) is 0 Å². The summed E-state index contributed by atoms with van der Waals surface area (Å²) in [6.45, 7) is 0. The van der Waals surface area contributed by atoms with E-state index in [2.05, 4.69) is 0 Å². The molecule has 0 aliphatic rings. The van der Waals surface area contributed by atoms with E-state index in [1.54, 1.807) is 41.8 Å². The van der Waals surface area contributed by atoms with E-state index in [4.69, 9.17) is 9.47 Å². The third-order valence-electron chi connectivity index (χ3n) is 4.65. The molecular weight excluding hydrogens is 350 g/mol. The molecule has 0 radical (unpaired) electrons. The molecule has 0 bridgehead atoms. The Labute approximate surface area is 153 Å². The highest BCUT2D eigenvalue weighted by Gasteiger charge is 2.30. The number of rotatable bonds is 5. The zero-order valence-corrected chi connectivity index (χ0v) is 14.5. The van der Waals surface area contributed by atoms with Crippen LogP contribution < -0.4 is 9.47 Å². The molecule has 3 heterocycles. The van der Waals surface area contributed by atoms with Gasteiger partial charge in [0, 0.05) is 17.7 Å². The number of aromatic nitrogens is 1. The second-order valence-electron chi connectivity index (χ2n) is 6.04. The van der Waals surface area contributed by atoms with Crippen molar-refractivity contribution in [3.63, 3.8) is 0 Å². The summed E-state index contributed by atoms with van der Waals surface area (Å²) in [5.74, 6) is -1.47. The summed E-state index contributed by atoms with van der Waals surface area (Å²) < 4.78 is 12.1. The quantitative estimate of drug-likeness (QED) is 0.561.